The number of aryl methyl sites for hydroxylation is 1. The molecule has 0 bridgehead atoms. The molecule has 0 saturated heterocycles. The third kappa shape index (κ3) is 4.88. The summed E-state index contributed by atoms with van der Waals surface area (Å²) in [6, 6.07) is 16.9. The highest BCUT2D eigenvalue weighted by molar-refractivity contribution is 5.84. The van der Waals surface area contributed by atoms with Gasteiger partial charge in [0, 0.05) is 30.1 Å². The van der Waals surface area contributed by atoms with E-state index in [1.165, 1.54) is 6.92 Å². The Kier molecular flexibility index (Phi) is 5.76. The number of ether oxygens (including phenoxy) is 1. The first kappa shape index (κ1) is 18.5. The zero-order valence-electron chi connectivity index (χ0n) is 15.1. The molecule has 1 amide bonds. The highest BCUT2D eigenvalue weighted by Crippen LogP contribution is 2.23. The summed E-state index contributed by atoms with van der Waals surface area (Å²) >= 11 is 0. The van der Waals surface area contributed by atoms with Crippen LogP contribution in [0.3, 0.4) is 0 Å². The van der Waals surface area contributed by atoms with Crippen molar-refractivity contribution in [2.75, 3.05) is 0 Å². The van der Waals surface area contributed by atoms with E-state index in [4.69, 9.17) is 9.84 Å². The van der Waals surface area contributed by atoms with Gasteiger partial charge in [0.15, 0.2) is 0 Å². The Labute approximate surface area is 157 Å². The lowest BCUT2D eigenvalue weighted by molar-refractivity contribution is -0.141. The number of nitrogens with zero attached hydrogens (tertiary/aromatic N) is 1. The maximum atomic E-state index is 11.9. The van der Waals surface area contributed by atoms with Crippen LogP contribution in [0, 0.1) is 0 Å². The average Bonchev–Trinajstić information content (AvgIpc) is 3.07. The molecule has 0 aliphatic heterocycles. The Balaban J connectivity index is 1.60. The van der Waals surface area contributed by atoms with Gasteiger partial charge in [-0.15, -0.1) is 0 Å². The molecule has 0 fully saturated rings. The summed E-state index contributed by atoms with van der Waals surface area (Å²) in [6.07, 6.45) is 2.13. The summed E-state index contributed by atoms with van der Waals surface area (Å²) in [5.41, 5.74) is 2.11. The van der Waals surface area contributed by atoms with E-state index in [1.807, 2.05) is 65.4 Å². The molecule has 1 atom stereocenters. The molecule has 27 heavy (non-hydrogen) atoms. The third-order valence-electron chi connectivity index (χ3n) is 4.32. The summed E-state index contributed by atoms with van der Waals surface area (Å²) in [6.45, 7) is 2.43. The van der Waals surface area contributed by atoms with Gasteiger partial charge in [0.05, 0.1) is 0 Å². The number of carboxylic acid groups (broad SMARTS) is 1. The predicted molar refractivity (Wildman–Crippen MR) is 103 cm³/mol. The lowest BCUT2D eigenvalue weighted by Crippen LogP contribution is -2.38. The predicted octanol–water partition coefficient (Wildman–Crippen LogP) is 3.20. The van der Waals surface area contributed by atoms with Gasteiger partial charge in [-0.2, -0.15) is 0 Å². The number of amides is 1. The minimum atomic E-state index is -1.04. The number of rotatable bonds is 8. The minimum absolute atomic E-state index is 0.216. The summed E-state index contributed by atoms with van der Waals surface area (Å²) in [4.78, 5) is 22.6. The second kappa shape index (κ2) is 8.40. The fourth-order valence-corrected chi connectivity index (χ4v) is 2.80. The molecule has 0 spiro atoms. The Morgan fingerprint density at radius 2 is 1.93 bits per heavy atom. The number of fused-ring (bicyclic) bond motifs is 1. The van der Waals surface area contributed by atoms with Crippen LogP contribution in [-0.4, -0.2) is 27.6 Å². The van der Waals surface area contributed by atoms with Crippen LogP contribution in [0.1, 0.15) is 18.9 Å². The Bertz CT molecular complexity index is 934. The summed E-state index contributed by atoms with van der Waals surface area (Å²) in [7, 11) is 0. The number of aromatic nitrogens is 1. The Hall–Kier alpha value is -3.28. The summed E-state index contributed by atoms with van der Waals surface area (Å²) in [5, 5.41) is 12.3. The number of aliphatic carboxylic acids is 1. The number of carboxylic acids is 1. The molecule has 2 aromatic carbocycles. The van der Waals surface area contributed by atoms with Crippen molar-refractivity contribution in [2.24, 2.45) is 0 Å². The number of benzene rings is 2. The standard InChI is InChI=1S/C21H22N2O4/c1-15(21(25)26)22-20(24)10-12-23-11-9-17-13-18(7-8-19(17)23)27-14-16-5-3-2-4-6-16/h2-9,11,13,15H,10,12,14H2,1H3,(H,22,24)(H,25,26)/t15-/m0/s1. The molecule has 3 rings (SSSR count). The van der Waals surface area contributed by atoms with E-state index in [1.54, 1.807) is 0 Å². The fraction of sp³-hybridized carbons (Fsp3) is 0.238. The van der Waals surface area contributed by atoms with Gasteiger partial charge in [-0.3, -0.25) is 9.59 Å². The van der Waals surface area contributed by atoms with Crippen molar-refractivity contribution < 1.29 is 19.4 Å². The molecule has 3 aromatic rings. The van der Waals surface area contributed by atoms with E-state index < -0.39 is 12.0 Å². The first-order chi connectivity index (χ1) is 13.0. The van der Waals surface area contributed by atoms with Crippen molar-refractivity contribution in [1.82, 2.24) is 9.88 Å². The highest BCUT2D eigenvalue weighted by Gasteiger charge is 2.14. The van der Waals surface area contributed by atoms with E-state index in [9.17, 15) is 9.59 Å². The van der Waals surface area contributed by atoms with Crippen LogP contribution >= 0.6 is 0 Å². The monoisotopic (exact) mass is 366 g/mol. The van der Waals surface area contributed by atoms with Gasteiger partial charge in [0.2, 0.25) is 5.91 Å². The molecule has 0 saturated carbocycles. The Morgan fingerprint density at radius 3 is 2.67 bits per heavy atom. The maximum absolute atomic E-state index is 11.9. The maximum Gasteiger partial charge on any atom is 0.325 e. The quantitative estimate of drug-likeness (QED) is 0.642. The Morgan fingerprint density at radius 1 is 1.15 bits per heavy atom. The normalized spacial score (nSPS) is 11.9. The molecule has 0 aliphatic carbocycles. The number of carbonyl (C=O) groups is 2. The van der Waals surface area contributed by atoms with Gasteiger partial charge < -0.3 is 19.7 Å². The molecule has 0 unspecified atom stereocenters. The molecule has 1 aromatic heterocycles. The van der Waals surface area contributed by atoms with E-state index in [2.05, 4.69) is 5.32 Å². The highest BCUT2D eigenvalue weighted by atomic mass is 16.5. The van der Waals surface area contributed by atoms with Crippen LogP contribution in [0.5, 0.6) is 5.75 Å². The van der Waals surface area contributed by atoms with E-state index >= 15 is 0 Å². The average molecular weight is 366 g/mol. The first-order valence-corrected chi connectivity index (χ1v) is 8.81. The molecule has 6 nitrogen and oxygen atoms in total. The van der Waals surface area contributed by atoms with Crippen molar-refractivity contribution in [3.8, 4) is 5.75 Å². The smallest absolute Gasteiger partial charge is 0.325 e. The molecular weight excluding hydrogens is 344 g/mol. The van der Waals surface area contributed by atoms with Crippen molar-refractivity contribution in [3.05, 3.63) is 66.4 Å². The summed E-state index contributed by atoms with van der Waals surface area (Å²) in [5.74, 6) is -0.538. The van der Waals surface area contributed by atoms with Crippen molar-refractivity contribution in [2.45, 2.75) is 32.5 Å². The fourth-order valence-electron chi connectivity index (χ4n) is 2.80. The largest absolute Gasteiger partial charge is 0.489 e. The second-order valence-electron chi connectivity index (χ2n) is 6.38. The number of hydrogen-bond acceptors (Lipinski definition) is 3. The van der Waals surface area contributed by atoms with E-state index in [0.717, 1.165) is 22.2 Å². The van der Waals surface area contributed by atoms with Gasteiger partial charge in [0.1, 0.15) is 18.4 Å². The van der Waals surface area contributed by atoms with Gasteiger partial charge in [-0.25, -0.2) is 0 Å². The third-order valence-corrected chi connectivity index (χ3v) is 4.32. The van der Waals surface area contributed by atoms with Crippen LogP contribution in [0.15, 0.2) is 60.8 Å². The van der Waals surface area contributed by atoms with Crippen molar-refractivity contribution in [1.29, 1.82) is 0 Å². The molecule has 140 valence electrons. The van der Waals surface area contributed by atoms with Gasteiger partial charge in [-0.05, 0) is 36.8 Å². The zero-order valence-corrected chi connectivity index (χ0v) is 15.1. The van der Waals surface area contributed by atoms with Crippen LogP contribution in [-0.2, 0) is 22.7 Å². The summed E-state index contributed by atoms with van der Waals surface area (Å²) < 4.78 is 7.82. The SMILES string of the molecule is C[C@H](NC(=O)CCn1ccc2cc(OCc3ccccc3)ccc21)C(=O)O. The van der Waals surface area contributed by atoms with Crippen LogP contribution < -0.4 is 10.1 Å². The van der Waals surface area contributed by atoms with Crippen LogP contribution in [0.25, 0.3) is 10.9 Å². The number of carbonyl (C=O) groups excluding carboxylic acids is 1. The lowest BCUT2D eigenvalue weighted by atomic mass is 10.2. The van der Waals surface area contributed by atoms with E-state index in [0.29, 0.717) is 13.2 Å². The van der Waals surface area contributed by atoms with Gasteiger partial charge >= 0.3 is 5.97 Å². The van der Waals surface area contributed by atoms with Gasteiger partial charge in [-0.1, -0.05) is 30.3 Å². The van der Waals surface area contributed by atoms with E-state index in [-0.39, 0.29) is 12.3 Å². The zero-order chi connectivity index (χ0) is 19.2. The van der Waals surface area contributed by atoms with Crippen molar-refractivity contribution >= 4 is 22.8 Å². The second-order valence-corrected chi connectivity index (χ2v) is 6.38. The lowest BCUT2D eigenvalue weighted by Gasteiger charge is -2.10. The van der Waals surface area contributed by atoms with Crippen LogP contribution in [0.4, 0.5) is 0 Å². The molecule has 0 aliphatic rings. The van der Waals surface area contributed by atoms with Crippen LogP contribution in [0.2, 0.25) is 0 Å². The molecule has 6 heteroatoms. The molecule has 2 N–H and O–H groups in total. The van der Waals surface area contributed by atoms with Crippen molar-refractivity contribution in [3.63, 3.8) is 0 Å². The molecule has 1 heterocycles. The number of hydrogen-bond donors (Lipinski definition) is 2. The minimum Gasteiger partial charge on any atom is -0.489 e. The van der Waals surface area contributed by atoms with Gasteiger partial charge in [0.25, 0.3) is 0 Å². The molecule has 0 radical (unpaired) electrons. The topological polar surface area (TPSA) is 80.6 Å². The first-order valence-electron chi connectivity index (χ1n) is 8.81. The number of nitrogens with one attached hydrogen (secondary N) is 1. The molecular formula is C21H22N2O4.